The first kappa shape index (κ1) is 28.8. The van der Waals surface area contributed by atoms with E-state index in [1.165, 1.54) is 18.2 Å². The first-order valence-corrected chi connectivity index (χ1v) is 14.9. The molecule has 0 bridgehead atoms. The monoisotopic (exact) mass is 609 g/mol. The molecule has 0 unspecified atom stereocenters. The van der Waals surface area contributed by atoms with Crippen LogP contribution in [-0.2, 0) is 24.3 Å². The summed E-state index contributed by atoms with van der Waals surface area (Å²) in [4.78, 5) is 33.0. The number of ether oxygens (including phenoxy) is 2. The van der Waals surface area contributed by atoms with Crippen molar-refractivity contribution in [1.29, 1.82) is 0 Å². The SMILES string of the molecule is O=C(O)c1ccc2nc(Cc3ccc(-c4cccc(OCc5ccc(C(=O)C6CC6)cc5F)n4)cc3F)n(C[C@@H]3CCO3)c2c1. The van der Waals surface area contributed by atoms with Crippen LogP contribution >= 0.6 is 0 Å². The van der Waals surface area contributed by atoms with Crippen LogP contribution in [0.1, 0.15) is 56.9 Å². The van der Waals surface area contributed by atoms with Gasteiger partial charge in [0.15, 0.2) is 5.78 Å². The van der Waals surface area contributed by atoms with Gasteiger partial charge in [-0.1, -0.05) is 30.3 Å². The van der Waals surface area contributed by atoms with Gasteiger partial charge in [0.2, 0.25) is 5.88 Å². The van der Waals surface area contributed by atoms with Crippen LogP contribution in [0.25, 0.3) is 22.3 Å². The van der Waals surface area contributed by atoms with Gasteiger partial charge in [0, 0.05) is 41.7 Å². The molecule has 2 aromatic heterocycles. The van der Waals surface area contributed by atoms with Crippen LogP contribution < -0.4 is 4.74 Å². The van der Waals surface area contributed by atoms with E-state index in [0.29, 0.717) is 58.0 Å². The van der Waals surface area contributed by atoms with Crippen molar-refractivity contribution < 1.29 is 33.0 Å². The fourth-order valence-electron chi connectivity index (χ4n) is 5.50. The summed E-state index contributed by atoms with van der Waals surface area (Å²) in [5, 5.41) is 9.48. The number of hydrogen-bond donors (Lipinski definition) is 1. The smallest absolute Gasteiger partial charge is 0.335 e. The first-order chi connectivity index (χ1) is 21.8. The van der Waals surface area contributed by atoms with E-state index >= 15 is 4.39 Å². The summed E-state index contributed by atoms with van der Waals surface area (Å²) < 4.78 is 43.5. The molecule has 0 radical (unpaired) electrons. The Bertz CT molecular complexity index is 1950. The lowest BCUT2D eigenvalue weighted by molar-refractivity contribution is -0.0589. The summed E-state index contributed by atoms with van der Waals surface area (Å²) in [5.41, 5.74) is 3.59. The fraction of sp³-hybridized carbons (Fsp3) is 0.257. The lowest BCUT2D eigenvalue weighted by atomic mass is 10.0. The number of Topliss-reactive ketones (excluding diaryl/α,β-unsaturated/α-hetero) is 1. The normalized spacial score (nSPS) is 16.0. The first-order valence-electron chi connectivity index (χ1n) is 14.9. The summed E-state index contributed by atoms with van der Waals surface area (Å²) >= 11 is 0. The predicted octanol–water partition coefficient (Wildman–Crippen LogP) is 6.63. The van der Waals surface area contributed by atoms with Gasteiger partial charge < -0.3 is 19.1 Å². The van der Waals surface area contributed by atoms with Gasteiger partial charge >= 0.3 is 5.97 Å². The maximum atomic E-state index is 15.5. The number of aromatic nitrogens is 3. The zero-order valence-electron chi connectivity index (χ0n) is 24.2. The van der Waals surface area contributed by atoms with E-state index in [1.807, 2.05) is 4.57 Å². The second-order valence-corrected chi connectivity index (χ2v) is 11.5. The van der Waals surface area contributed by atoms with Crippen molar-refractivity contribution in [2.45, 2.75) is 44.9 Å². The second-order valence-electron chi connectivity index (χ2n) is 11.5. The Hall–Kier alpha value is -4.96. The molecular formula is C35H29F2N3O5. The van der Waals surface area contributed by atoms with E-state index in [2.05, 4.69) is 4.98 Å². The second kappa shape index (κ2) is 11.9. The Kier molecular flexibility index (Phi) is 7.58. The number of rotatable bonds is 11. The standard InChI is InChI=1S/C35H29F2N3O5/c36-27-14-22(29-2-1-3-33(39-29)45-19-25-9-8-23(15-28(25)37)34(41)20-4-5-20)7-6-21(27)17-32-38-30-11-10-24(35(42)43)16-31(30)40(32)18-26-12-13-44-26/h1-3,6-11,14-16,20,26H,4-5,12-13,17-19H2,(H,42,43)/t26-/m0/s1. The van der Waals surface area contributed by atoms with Crippen LogP contribution in [0.3, 0.4) is 0 Å². The summed E-state index contributed by atoms with van der Waals surface area (Å²) in [6, 6.07) is 19.2. The number of carboxylic acids is 1. The number of benzene rings is 3. The molecule has 3 aromatic carbocycles. The molecule has 8 nitrogen and oxygen atoms in total. The van der Waals surface area contributed by atoms with Crippen molar-refractivity contribution in [3.63, 3.8) is 0 Å². The largest absolute Gasteiger partial charge is 0.478 e. The van der Waals surface area contributed by atoms with Gasteiger partial charge in [-0.3, -0.25) is 4.79 Å². The van der Waals surface area contributed by atoms with Gasteiger partial charge in [0.1, 0.15) is 24.1 Å². The third-order valence-corrected chi connectivity index (χ3v) is 8.34. The minimum atomic E-state index is -1.03. The maximum absolute atomic E-state index is 15.5. The van der Waals surface area contributed by atoms with Crippen LogP contribution in [0.2, 0.25) is 0 Å². The van der Waals surface area contributed by atoms with Crippen molar-refractivity contribution in [1.82, 2.24) is 14.5 Å². The predicted molar refractivity (Wildman–Crippen MR) is 161 cm³/mol. The molecule has 1 saturated heterocycles. The van der Waals surface area contributed by atoms with E-state index in [9.17, 15) is 19.1 Å². The van der Waals surface area contributed by atoms with Gasteiger partial charge in [-0.25, -0.2) is 23.5 Å². The highest BCUT2D eigenvalue weighted by Crippen LogP contribution is 2.33. The summed E-state index contributed by atoms with van der Waals surface area (Å²) in [7, 11) is 0. The highest BCUT2D eigenvalue weighted by Gasteiger charge is 2.30. The van der Waals surface area contributed by atoms with E-state index in [-0.39, 0.29) is 42.3 Å². The molecule has 5 aromatic rings. The third-order valence-electron chi connectivity index (χ3n) is 8.34. The Labute approximate surface area is 257 Å². The summed E-state index contributed by atoms with van der Waals surface area (Å²) in [6.07, 6.45) is 2.79. The molecule has 1 N–H and O–H groups in total. The number of halogens is 2. The molecule has 7 rings (SSSR count). The molecule has 228 valence electrons. The van der Waals surface area contributed by atoms with Crippen molar-refractivity contribution in [3.8, 4) is 17.1 Å². The molecule has 10 heteroatoms. The topological polar surface area (TPSA) is 104 Å². The summed E-state index contributed by atoms with van der Waals surface area (Å²) in [6.45, 7) is 1.10. The van der Waals surface area contributed by atoms with Gasteiger partial charge in [0.25, 0.3) is 0 Å². The number of carbonyl (C=O) groups is 2. The van der Waals surface area contributed by atoms with E-state index in [1.54, 1.807) is 54.6 Å². The van der Waals surface area contributed by atoms with Gasteiger partial charge in [-0.2, -0.15) is 0 Å². The molecule has 3 heterocycles. The van der Waals surface area contributed by atoms with Gasteiger partial charge in [-0.15, -0.1) is 0 Å². The quantitative estimate of drug-likeness (QED) is 0.168. The number of carbonyl (C=O) groups excluding carboxylic acids is 1. The van der Waals surface area contributed by atoms with Crippen LogP contribution in [0.15, 0.2) is 72.8 Å². The van der Waals surface area contributed by atoms with Crippen molar-refractivity contribution >= 4 is 22.8 Å². The fourth-order valence-corrected chi connectivity index (χ4v) is 5.50. The van der Waals surface area contributed by atoms with Crippen molar-refractivity contribution in [3.05, 3.63) is 113 Å². The molecule has 2 fully saturated rings. The molecule has 2 aliphatic rings. The molecular weight excluding hydrogens is 580 g/mol. The number of pyridine rings is 1. The van der Waals surface area contributed by atoms with Crippen LogP contribution in [0.4, 0.5) is 8.78 Å². The number of carboxylic acid groups (broad SMARTS) is 1. The van der Waals surface area contributed by atoms with Gasteiger partial charge in [0.05, 0.1) is 34.9 Å². The molecule has 1 aliphatic carbocycles. The molecule has 1 atom stereocenters. The number of ketones is 1. The number of nitrogens with zero attached hydrogens (tertiary/aromatic N) is 3. The lowest BCUT2D eigenvalue weighted by Crippen LogP contribution is -2.31. The minimum Gasteiger partial charge on any atom is -0.478 e. The average molecular weight is 610 g/mol. The Morgan fingerprint density at radius 3 is 2.40 bits per heavy atom. The van der Waals surface area contributed by atoms with Crippen LogP contribution in [-0.4, -0.2) is 44.1 Å². The number of aromatic carboxylic acids is 1. The highest BCUT2D eigenvalue weighted by molar-refractivity contribution is 5.99. The Morgan fingerprint density at radius 2 is 1.69 bits per heavy atom. The Balaban J connectivity index is 1.08. The van der Waals surface area contributed by atoms with Crippen molar-refractivity contribution in [2.75, 3.05) is 6.61 Å². The molecule has 0 amide bonds. The average Bonchev–Trinajstić information content (AvgIpc) is 3.81. The molecule has 1 aliphatic heterocycles. The molecule has 1 saturated carbocycles. The van der Waals surface area contributed by atoms with E-state index < -0.39 is 17.6 Å². The van der Waals surface area contributed by atoms with Crippen molar-refractivity contribution in [2.24, 2.45) is 5.92 Å². The lowest BCUT2D eigenvalue weighted by Gasteiger charge is -2.27. The third kappa shape index (κ3) is 6.06. The minimum absolute atomic E-state index is 0.00481. The zero-order valence-corrected chi connectivity index (χ0v) is 24.2. The van der Waals surface area contributed by atoms with Crippen LogP contribution in [0.5, 0.6) is 5.88 Å². The van der Waals surface area contributed by atoms with Gasteiger partial charge in [-0.05, 0) is 61.2 Å². The number of hydrogen-bond acceptors (Lipinski definition) is 6. The number of imidazole rings is 1. The Morgan fingerprint density at radius 1 is 0.911 bits per heavy atom. The molecule has 45 heavy (non-hydrogen) atoms. The van der Waals surface area contributed by atoms with Crippen LogP contribution in [0, 0.1) is 17.6 Å². The highest BCUT2D eigenvalue weighted by atomic mass is 19.1. The zero-order chi connectivity index (χ0) is 31.1. The molecule has 0 spiro atoms. The maximum Gasteiger partial charge on any atom is 0.335 e. The van der Waals surface area contributed by atoms with E-state index in [0.717, 1.165) is 19.3 Å². The summed E-state index contributed by atoms with van der Waals surface area (Å²) in [5.74, 6) is -1.12. The van der Waals surface area contributed by atoms with E-state index in [4.69, 9.17) is 14.5 Å². The number of fused-ring (bicyclic) bond motifs is 1.